The van der Waals surface area contributed by atoms with Crippen molar-refractivity contribution in [3.63, 3.8) is 0 Å². The van der Waals surface area contributed by atoms with Crippen molar-refractivity contribution in [2.24, 2.45) is 0 Å². The molecule has 0 unspecified atom stereocenters. The summed E-state index contributed by atoms with van der Waals surface area (Å²) in [5.41, 5.74) is 3.14. The maximum absolute atomic E-state index is 3.54. The Morgan fingerprint density at radius 2 is 1.54 bits per heavy atom. The monoisotopic (exact) mass is 238 g/mol. The molecule has 0 bridgehead atoms. The molecule has 1 heteroatoms. The molecule has 1 aliphatic rings. The van der Waals surface area contributed by atoms with Gasteiger partial charge in [0.25, 0.3) is 0 Å². The molecule has 0 aliphatic heterocycles. The molecule has 0 aromatic heterocycles. The van der Waals surface area contributed by atoms with Gasteiger partial charge in [-0.1, -0.05) is 34.8 Å². The molecule has 1 aromatic rings. The van der Waals surface area contributed by atoms with Crippen LogP contribution in [0.1, 0.15) is 36.8 Å². The summed E-state index contributed by atoms with van der Waals surface area (Å²) >= 11 is 3.54. The molecule has 1 aliphatic carbocycles. The zero-order valence-electron chi connectivity index (χ0n) is 7.85. The Labute approximate surface area is 88.5 Å². The van der Waals surface area contributed by atoms with Gasteiger partial charge in [0.2, 0.25) is 0 Å². The van der Waals surface area contributed by atoms with Crippen LogP contribution in [0.2, 0.25) is 0 Å². The van der Waals surface area contributed by atoms with Crippen molar-refractivity contribution in [2.45, 2.75) is 38.5 Å². The fraction of sp³-hybridized carbons (Fsp3) is 0.500. The van der Waals surface area contributed by atoms with E-state index in [4.69, 9.17) is 0 Å². The largest absolute Gasteiger partial charge is 0.0576 e. The standard InChI is InChI=1S/C12H15Br/c13-12-8-7-10-5-3-1-2-4-6-11(10)9-12/h7-9H,1-6H2. The van der Waals surface area contributed by atoms with E-state index in [2.05, 4.69) is 34.1 Å². The predicted molar refractivity (Wildman–Crippen MR) is 60.0 cm³/mol. The van der Waals surface area contributed by atoms with E-state index < -0.39 is 0 Å². The highest BCUT2D eigenvalue weighted by molar-refractivity contribution is 9.10. The second-order valence-electron chi connectivity index (χ2n) is 3.83. The van der Waals surface area contributed by atoms with Crippen molar-refractivity contribution in [1.29, 1.82) is 0 Å². The highest BCUT2D eigenvalue weighted by Gasteiger charge is 2.06. The topological polar surface area (TPSA) is 0 Å². The lowest BCUT2D eigenvalue weighted by atomic mass is 9.94. The lowest BCUT2D eigenvalue weighted by Crippen LogP contribution is -1.99. The van der Waals surface area contributed by atoms with E-state index in [0.717, 1.165) is 0 Å². The van der Waals surface area contributed by atoms with Crippen molar-refractivity contribution in [3.8, 4) is 0 Å². The van der Waals surface area contributed by atoms with Crippen LogP contribution in [0.25, 0.3) is 0 Å². The van der Waals surface area contributed by atoms with Crippen molar-refractivity contribution in [3.05, 3.63) is 33.8 Å². The van der Waals surface area contributed by atoms with Crippen LogP contribution in [0.3, 0.4) is 0 Å². The second kappa shape index (κ2) is 4.28. The van der Waals surface area contributed by atoms with Crippen molar-refractivity contribution < 1.29 is 0 Å². The first-order valence-corrected chi connectivity index (χ1v) is 5.93. The van der Waals surface area contributed by atoms with Crippen LogP contribution in [0.5, 0.6) is 0 Å². The molecule has 0 amide bonds. The molecule has 0 atom stereocenters. The normalized spacial score (nSPS) is 17.3. The second-order valence-corrected chi connectivity index (χ2v) is 4.74. The highest BCUT2D eigenvalue weighted by Crippen LogP contribution is 2.23. The average Bonchev–Trinajstić information content (AvgIpc) is 2.08. The first-order valence-electron chi connectivity index (χ1n) is 5.13. The Bertz CT molecular complexity index is 291. The number of hydrogen-bond acceptors (Lipinski definition) is 0. The van der Waals surface area contributed by atoms with Crippen LogP contribution < -0.4 is 0 Å². The SMILES string of the molecule is Brc1ccc2c(c1)CCCCCC2. The molecule has 1 aromatic carbocycles. The summed E-state index contributed by atoms with van der Waals surface area (Å²) in [6.45, 7) is 0. The Morgan fingerprint density at radius 3 is 2.31 bits per heavy atom. The zero-order chi connectivity index (χ0) is 9.10. The van der Waals surface area contributed by atoms with E-state index >= 15 is 0 Å². The summed E-state index contributed by atoms with van der Waals surface area (Å²) in [7, 11) is 0. The third-order valence-corrected chi connectivity index (χ3v) is 3.30. The molecule has 0 saturated carbocycles. The summed E-state index contributed by atoms with van der Waals surface area (Å²) in [4.78, 5) is 0. The van der Waals surface area contributed by atoms with Gasteiger partial charge in [-0.15, -0.1) is 0 Å². The quantitative estimate of drug-likeness (QED) is 0.639. The molecule has 0 saturated heterocycles. The molecule has 0 heterocycles. The van der Waals surface area contributed by atoms with Crippen molar-refractivity contribution in [2.75, 3.05) is 0 Å². The van der Waals surface area contributed by atoms with Gasteiger partial charge >= 0.3 is 0 Å². The molecule has 0 radical (unpaired) electrons. The third-order valence-electron chi connectivity index (χ3n) is 2.81. The van der Waals surface area contributed by atoms with E-state index in [1.807, 2.05) is 0 Å². The number of benzene rings is 1. The van der Waals surface area contributed by atoms with E-state index in [9.17, 15) is 0 Å². The maximum atomic E-state index is 3.54. The molecule has 0 N–H and O–H groups in total. The minimum absolute atomic E-state index is 1.23. The van der Waals surface area contributed by atoms with Gasteiger partial charge in [0.05, 0.1) is 0 Å². The molecule has 0 nitrogen and oxygen atoms in total. The Balaban J connectivity index is 2.28. The van der Waals surface area contributed by atoms with Gasteiger partial charge < -0.3 is 0 Å². The van der Waals surface area contributed by atoms with E-state index in [1.54, 1.807) is 11.1 Å². The maximum Gasteiger partial charge on any atom is 0.0178 e. The van der Waals surface area contributed by atoms with Gasteiger partial charge in [-0.05, 0) is 48.9 Å². The minimum Gasteiger partial charge on any atom is -0.0576 e. The first kappa shape index (κ1) is 9.26. The number of hydrogen-bond donors (Lipinski definition) is 0. The highest BCUT2D eigenvalue weighted by atomic mass is 79.9. The third kappa shape index (κ3) is 2.34. The lowest BCUT2D eigenvalue weighted by Gasteiger charge is -2.13. The van der Waals surface area contributed by atoms with E-state index in [-0.39, 0.29) is 0 Å². The summed E-state index contributed by atoms with van der Waals surface area (Å²) in [5, 5.41) is 0. The zero-order valence-corrected chi connectivity index (χ0v) is 9.44. The lowest BCUT2D eigenvalue weighted by molar-refractivity contribution is 0.617. The van der Waals surface area contributed by atoms with E-state index in [0.29, 0.717) is 0 Å². The number of fused-ring (bicyclic) bond motifs is 1. The van der Waals surface area contributed by atoms with Crippen molar-refractivity contribution >= 4 is 15.9 Å². The van der Waals surface area contributed by atoms with Crippen LogP contribution in [0.4, 0.5) is 0 Å². The molecular formula is C12H15Br. The molecular weight excluding hydrogens is 224 g/mol. The summed E-state index contributed by atoms with van der Waals surface area (Å²) in [6.07, 6.45) is 8.11. The van der Waals surface area contributed by atoms with Crippen LogP contribution in [-0.2, 0) is 12.8 Å². The number of aryl methyl sites for hydroxylation is 2. The van der Waals surface area contributed by atoms with Gasteiger partial charge in [-0.25, -0.2) is 0 Å². The smallest absolute Gasteiger partial charge is 0.0178 e. The van der Waals surface area contributed by atoms with Gasteiger partial charge in [0.1, 0.15) is 0 Å². The van der Waals surface area contributed by atoms with Crippen LogP contribution in [0.15, 0.2) is 22.7 Å². The Kier molecular flexibility index (Phi) is 3.05. The van der Waals surface area contributed by atoms with Crippen LogP contribution in [-0.4, -0.2) is 0 Å². The molecule has 2 rings (SSSR count). The van der Waals surface area contributed by atoms with Gasteiger partial charge in [0.15, 0.2) is 0 Å². The van der Waals surface area contributed by atoms with Gasteiger partial charge in [-0.3, -0.25) is 0 Å². The number of halogens is 1. The fourth-order valence-corrected chi connectivity index (χ4v) is 2.46. The average molecular weight is 239 g/mol. The number of rotatable bonds is 0. The predicted octanol–water partition coefficient (Wildman–Crippen LogP) is 4.11. The van der Waals surface area contributed by atoms with Gasteiger partial charge in [0, 0.05) is 4.47 Å². The van der Waals surface area contributed by atoms with Crippen LogP contribution in [0, 0.1) is 0 Å². The summed E-state index contributed by atoms with van der Waals surface area (Å²) < 4.78 is 1.23. The van der Waals surface area contributed by atoms with E-state index in [1.165, 1.54) is 43.0 Å². The Hall–Kier alpha value is -0.300. The Morgan fingerprint density at radius 1 is 0.846 bits per heavy atom. The molecule has 0 spiro atoms. The summed E-state index contributed by atoms with van der Waals surface area (Å²) in [6, 6.07) is 6.74. The van der Waals surface area contributed by atoms with Crippen LogP contribution >= 0.6 is 15.9 Å². The summed E-state index contributed by atoms with van der Waals surface area (Å²) in [5.74, 6) is 0. The molecule has 13 heavy (non-hydrogen) atoms. The fourth-order valence-electron chi connectivity index (χ4n) is 2.06. The first-order chi connectivity index (χ1) is 6.36. The van der Waals surface area contributed by atoms with Crippen molar-refractivity contribution in [1.82, 2.24) is 0 Å². The molecule has 0 fully saturated rings. The minimum atomic E-state index is 1.23. The van der Waals surface area contributed by atoms with Gasteiger partial charge in [-0.2, -0.15) is 0 Å². The molecule has 70 valence electrons.